The van der Waals surface area contributed by atoms with Crippen molar-refractivity contribution in [3.63, 3.8) is 0 Å². The van der Waals surface area contributed by atoms with Crippen molar-refractivity contribution >= 4 is 17.8 Å². The van der Waals surface area contributed by atoms with Crippen molar-refractivity contribution in [3.8, 4) is 5.75 Å². The lowest BCUT2D eigenvalue weighted by atomic mass is 9.79. The number of nitrogens with one attached hydrogen (secondary N) is 1. The molecule has 3 rings (SSSR count). The van der Waals surface area contributed by atoms with Crippen LogP contribution in [0.1, 0.15) is 72.6 Å². The Morgan fingerprint density at radius 2 is 2.03 bits per heavy atom. The molecule has 0 saturated heterocycles. The fourth-order valence-corrected chi connectivity index (χ4v) is 4.60. The number of hydrogen-bond donors (Lipinski definition) is 1. The molecule has 0 fully saturated rings. The average Bonchev–Trinajstić information content (AvgIpc) is 2.68. The third kappa shape index (κ3) is 4.20. The smallest absolute Gasteiger partial charge is 0.275 e. The number of carbonyl (C=O) groups is 1. The lowest BCUT2D eigenvalue weighted by Crippen LogP contribution is -2.48. The van der Waals surface area contributed by atoms with Gasteiger partial charge in [-0.3, -0.25) is 4.79 Å². The number of benzene rings is 2. The van der Waals surface area contributed by atoms with E-state index in [1.54, 1.807) is 19.4 Å². The highest BCUT2D eigenvalue weighted by molar-refractivity contribution is 5.97. The van der Waals surface area contributed by atoms with Crippen LogP contribution < -0.4 is 15.1 Å². The van der Waals surface area contributed by atoms with E-state index in [0.717, 1.165) is 29.7 Å². The van der Waals surface area contributed by atoms with Crippen molar-refractivity contribution in [3.05, 3.63) is 58.1 Å². The van der Waals surface area contributed by atoms with Gasteiger partial charge in [0.1, 0.15) is 5.75 Å². The monoisotopic (exact) mass is 407 g/mol. The number of fused-ring (bicyclic) bond motifs is 1. The fraction of sp³-hybridized carbons (Fsp3) is 0.440. The number of hydrazone groups is 1. The average molecular weight is 408 g/mol. The molecule has 0 unspecified atom stereocenters. The van der Waals surface area contributed by atoms with Gasteiger partial charge in [-0.2, -0.15) is 5.10 Å². The highest BCUT2D eigenvalue weighted by Gasteiger charge is 2.35. The normalized spacial score (nSPS) is 17.7. The lowest BCUT2D eigenvalue weighted by Gasteiger charge is -2.47. The van der Waals surface area contributed by atoms with Crippen LogP contribution in [-0.4, -0.2) is 31.3 Å². The minimum atomic E-state index is -0.286. The van der Waals surface area contributed by atoms with E-state index < -0.39 is 0 Å². The molecule has 0 bridgehead atoms. The molecule has 160 valence electrons. The Morgan fingerprint density at radius 1 is 1.30 bits per heavy atom. The van der Waals surface area contributed by atoms with Gasteiger partial charge in [0.25, 0.3) is 5.91 Å². The van der Waals surface area contributed by atoms with Crippen LogP contribution in [0, 0.1) is 13.8 Å². The van der Waals surface area contributed by atoms with Crippen LogP contribution in [0.15, 0.2) is 35.4 Å². The van der Waals surface area contributed by atoms with Crippen LogP contribution in [-0.2, 0) is 0 Å². The van der Waals surface area contributed by atoms with Gasteiger partial charge in [-0.1, -0.05) is 13.0 Å². The van der Waals surface area contributed by atoms with E-state index in [4.69, 9.17) is 4.74 Å². The molecule has 2 aromatic carbocycles. The van der Waals surface area contributed by atoms with E-state index >= 15 is 0 Å². The second-order valence-electron chi connectivity index (χ2n) is 8.83. The Balaban J connectivity index is 1.84. The summed E-state index contributed by atoms with van der Waals surface area (Å²) in [5.74, 6) is 0.728. The molecule has 1 aliphatic rings. The first-order valence-corrected chi connectivity index (χ1v) is 10.6. The summed E-state index contributed by atoms with van der Waals surface area (Å²) in [6.45, 7) is 14.2. The first-order chi connectivity index (χ1) is 14.2. The molecule has 0 aliphatic carbocycles. The largest absolute Gasteiger partial charge is 0.496 e. The Hall–Kier alpha value is -2.82. The number of amides is 1. The predicted octanol–water partition coefficient (Wildman–Crippen LogP) is 5.19. The van der Waals surface area contributed by atoms with Crippen molar-refractivity contribution < 1.29 is 9.53 Å². The molecule has 1 atom stereocenters. The van der Waals surface area contributed by atoms with Crippen LogP contribution >= 0.6 is 0 Å². The van der Waals surface area contributed by atoms with E-state index in [2.05, 4.69) is 62.2 Å². The molecule has 0 saturated carbocycles. The summed E-state index contributed by atoms with van der Waals surface area (Å²) in [7, 11) is 1.56. The number of rotatable bonds is 5. The molecule has 1 heterocycles. The molecule has 30 heavy (non-hydrogen) atoms. The molecular weight excluding hydrogens is 374 g/mol. The third-order valence-electron chi connectivity index (χ3n) is 6.06. The summed E-state index contributed by atoms with van der Waals surface area (Å²) in [6.07, 6.45) is 2.84. The van der Waals surface area contributed by atoms with E-state index in [-0.39, 0.29) is 11.4 Å². The highest BCUT2D eigenvalue weighted by Crippen LogP contribution is 2.43. The van der Waals surface area contributed by atoms with Gasteiger partial charge >= 0.3 is 0 Å². The van der Waals surface area contributed by atoms with E-state index in [1.807, 2.05) is 19.1 Å². The first kappa shape index (κ1) is 21.9. The van der Waals surface area contributed by atoms with Gasteiger partial charge in [0.05, 0.1) is 18.9 Å². The van der Waals surface area contributed by atoms with Crippen molar-refractivity contribution in [2.45, 2.75) is 59.4 Å². The molecule has 2 aromatic rings. The summed E-state index contributed by atoms with van der Waals surface area (Å²) in [4.78, 5) is 15.0. The maximum Gasteiger partial charge on any atom is 0.275 e. The molecular formula is C25H33N3O2. The van der Waals surface area contributed by atoms with E-state index in [9.17, 15) is 4.79 Å². The molecule has 0 spiro atoms. The van der Waals surface area contributed by atoms with Gasteiger partial charge in [0.2, 0.25) is 0 Å². The van der Waals surface area contributed by atoms with Gasteiger partial charge in [0, 0.05) is 17.8 Å². The van der Waals surface area contributed by atoms with Crippen molar-refractivity contribution in [2.75, 3.05) is 18.6 Å². The maximum atomic E-state index is 12.5. The number of carbonyl (C=O) groups excluding carboxylic acids is 1. The van der Waals surface area contributed by atoms with Crippen LogP contribution in [0.25, 0.3) is 0 Å². The standard InChI is InChI=1S/C25H33N3O2/c1-8-28-22-12-17(3)19(13-21(22)18(4)14-25(28,5)6)15-26-27-24(29)20-10-9-16(2)11-23(20)30-7/h9-13,15,18H,8,14H2,1-7H3,(H,27,29)/b26-15-/t18-/m1/s1. The van der Waals surface area contributed by atoms with Crippen LogP contribution in [0.3, 0.4) is 0 Å². The Bertz CT molecular complexity index is 979. The van der Waals surface area contributed by atoms with Gasteiger partial charge in [-0.25, -0.2) is 5.43 Å². The van der Waals surface area contributed by atoms with E-state index in [0.29, 0.717) is 17.2 Å². The Morgan fingerprint density at radius 3 is 2.70 bits per heavy atom. The molecule has 0 radical (unpaired) electrons. The van der Waals surface area contributed by atoms with Gasteiger partial charge in [0.15, 0.2) is 0 Å². The number of nitrogens with zero attached hydrogens (tertiary/aromatic N) is 2. The molecule has 1 amide bonds. The van der Waals surface area contributed by atoms with Crippen molar-refractivity contribution in [1.29, 1.82) is 0 Å². The molecule has 1 aliphatic heterocycles. The fourth-order valence-electron chi connectivity index (χ4n) is 4.60. The minimum absolute atomic E-state index is 0.143. The second kappa shape index (κ2) is 8.50. The van der Waals surface area contributed by atoms with Gasteiger partial charge in [-0.15, -0.1) is 0 Å². The Labute approximate surface area is 180 Å². The summed E-state index contributed by atoms with van der Waals surface area (Å²) in [5, 5.41) is 4.22. The molecule has 0 aromatic heterocycles. The zero-order valence-electron chi connectivity index (χ0n) is 19.2. The summed E-state index contributed by atoms with van der Waals surface area (Å²) < 4.78 is 5.33. The predicted molar refractivity (Wildman–Crippen MR) is 124 cm³/mol. The van der Waals surface area contributed by atoms with Crippen LogP contribution in [0.4, 0.5) is 5.69 Å². The maximum absolute atomic E-state index is 12.5. The molecule has 5 nitrogen and oxygen atoms in total. The minimum Gasteiger partial charge on any atom is -0.496 e. The van der Waals surface area contributed by atoms with E-state index in [1.165, 1.54) is 11.3 Å². The summed E-state index contributed by atoms with van der Waals surface area (Å²) >= 11 is 0. The zero-order chi connectivity index (χ0) is 22.1. The van der Waals surface area contributed by atoms with Crippen molar-refractivity contribution in [1.82, 2.24) is 5.43 Å². The number of hydrogen-bond acceptors (Lipinski definition) is 4. The van der Waals surface area contributed by atoms with Gasteiger partial charge in [-0.05, 0) is 93.5 Å². The molecule has 5 heteroatoms. The quantitative estimate of drug-likeness (QED) is 0.548. The number of aryl methyl sites for hydroxylation is 2. The van der Waals surface area contributed by atoms with Crippen LogP contribution in [0.5, 0.6) is 5.75 Å². The van der Waals surface area contributed by atoms with Crippen molar-refractivity contribution in [2.24, 2.45) is 5.10 Å². The summed E-state index contributed by atoms with van der Waals surface area (Å²) in [6, 6.07) is 9.95. The van der Waals surface area contributed by atoms with Gasteiger partial charge < -0.3 is 9.64 Å². The highest BCUT2D eigenvalue weighted by atomic mass is 16.5. The topological polar surface area (TPSA) is 53.9 Å². The van der Waals surface area contributed by atoms with Crippen LogP contribution in [0.2, 0.25) is 0 Å². The summed E-state index contributed by atoms with van der Waals surface area (Å²) in [5.41, 5.74) is 9.10. The SMILES string of the molecule is CCN1c2cc(C)c(/C=N\NC(=O)c3ccc(C)cc3OC)cc2[C@H](C)CC1(C)C. The second-order valence-corrected chi connectivity index (χ2v) is 8.83. The third-order valence-corrected chi connectivity index (χ3v) is 6.06. The molecule has 1 N–H and O–H groups in total. The zero-order valence-corrected chi connectivity index (χ0v) is 19.2. The number of methoxy groups -OCH3 is 1. The number of ether oxygens (including phenoxy) is 1. The lowest BCUT2D eigenvalue weighted by molar-refractivity contribution is 0.0952. The first-order valence-electron chi connectivity index (χ1n) is 10.6. The Kier molecular flexibility index (Phi) is 6.20. The number of anilines is 1.